The first-order valence-corrected chi connectivity index (χ1v) is 12.1. The third kappa shape index (κ3) is 6.48. The number of benzene rings is 1. The summed E-state index contributed by atoms with van der Waals surface area (Å²) in [5, 5.41) is 5.70. The number of nitrogens with zero attached hydrogens (tertiary/aromatic N) is 1. The molecule has 0 saturated carbocycles. The number of nitrogens with one attached hydrogen (secondary N) is 2. The predicted molar refractivity (Wildman–Crippen MR) is 131 cm³/mol. The van der Waals surface area contributed by atoms with E-state index in [-0.39, 0.29) is 5.91 Å². The van der Waals surface area contributed by atoms with Gasteiger partial charge in [-0.15, -0.1) is 0 Å². The van der Waals surface area contributed by atoms with Gasteiger partial charge in [0.15, 0.2) is 5.06 Å². The summed E-state index contributed by atoms with van der Waals surface area (Å²) < 4.78 is 5.66. The van der Waals surface area contributed by atoms with Crippen LogP contribution in [-0.4, -0.2) is 41.4 Å². The number of amides is 3. The largest absolute Gasteiger partial charge is 0.414 e. The van der Waals surface area contributed by atoms with Crippen LogP contribution in [-0.2, 0) is 4.79 Å². The van der Waals surface area contributed by atoms with Crippen molar-refractivity contribution in [3.05, 3.63) is 45.8 Å². The Bertz CT molecular complexity index is 1040. The summed E-state index contributed by atoms with van der Waals surface area (Å²) in [6.45, 7) is 10.9. The zero-order chi connectivity index (χ0) is 24.3. The quantitative estimate of drug-likeness (QED) is 0.591. The third-order valence-electron chi connectivity index (χ3n) is 5.59. The minimum atomic E-state index is -1.24. The van der Waals surface area contributed by atoms with Crippen LogP contribution >= 0.6 is 22.9 Å². The van der Waals surface area contributed by atoms with Gasteiger partial charge in [0.25, 0.3) is 5.91 Å². The van der Waals surface area contributed by atoms with Gasteiger partial charge in [0.05, 0.1) is 4.34 Å². The number of aryl methyl sites for hydroxylation is 1. The predicted octanol–water partition coefficient (Wildman–Crippen LogP) is 5.33. The van der Waals surface area contributed by atoms with Crippen molar-refractivity contribution in [1.29, 1.82) is 0 Å². The number of rotatable bonds is 5. The highest BCUT2D eigenvalue weighted by atomic mass is 35.5. The Balaban J connectivity index is 1.62. The molecule has 2 N–H and O–H groups in total. The first-order valence-electron chi connectivity index (χ1n) is 10.9. The molecule has 178 valence electrons. The number of hydrogen-bond acceptors (Lipinski definition) is 5. The number of ether oxygens (including phenoxy) is 1. The summed E-state index contributed by atoms with van der Waals surface area (Å²) >= 11 is 6.96. The lowest BCUT2D eigenvalue weighted by Gasteiger charge is -2.35. The van der Waals surface area contributed by atoms with Crippen LogP contribution in [0.15, 0.2) is 30.3 Å². The summed E-state index contributed by atoms with van der Waals surface area (Å²) in [7, 11) is 0. The fourth-order valence-corrected chi connectivity index (χ4v) is 4.92. The minimum absolute atomic E-state index is 0.0159. The smallest absolute Gasteiger partial charge is 0.399 e. The molecular formula is C24H30ClN3O4S. The molecule has 33 heavy (non-hydrogen) atoms. The molecule has 1 aliphatic heterocycles. The number of hydrogen-bond donors (Lipinski definition) is 2. The molecule has 0 aliphatic carbocycles. The number of halogens is 1. The van der Waals surface area contributed by atoms with Gasteiger partial charge in [0, 0.05) is 24.3 Å². The van der Waals surface area contributed by atoms with Gasteiger partial charge in [0.1, 0.15) is 5.54 Å². The van der Waals surface area contributed by atoms with Crippen LogP contribution < -0.4 is 15.4 Å². The Morgan fingerprint density at radius 1 is 1.12 bits per heavy atom. The highest BCUT2D eigenvalue weighted by Gasteiger charge is 2.31. The van der Waals surface area contributed by atoms with E-state index in [4.69, 9.17) is 16.3 Å². The number of carbonyl (C=O) groups excluding carboxylic acids is 3. The van der Waals surface area contributed by atoms with Gasteiger partial charge in [-0.05, 0) is 74.9 Å². The van der Waals surface area contributed by atoms with Crippen LogP contribution in [0.2, 0.25) is 4.34 Å². The maximum Gasteiger partial charge on any atom is 0.414 e. The zero-order valence-corrected chi connectivity index (χ0v) is 21.1. The van der Waals surface area contributed by atoms with E-state index in [1.165, 1.54) is 0 Å². The Morgan fingerprint density at radius 2 is 1.79 bits per heavy atom. The maximum absolute atomic E-state index is 13.0. The second-order valence-corrected chi connectivity index (χ2v) is 11.0. The summed E-state index contributed by atoms with van der Waals surface area (Å²) in [5.41, 5.74) is 0.719. The van der Waals surface area contributed by atoms with Crippen molar-refractivity contribution in [2.24, 2.45) is 11.8 Å². The molecule has 7 nitrogen and oxygen atoms in total. The fraction of sp³-hybridized carbons (Fsp3) is 0.458. The first-order chi connectivity index (χ1) is 15.4. The van der Waals surface area contributed by atoms with Gasteiger partial charge < -0.3 is 20.3 Å². The van der Waals surface area contributed by atoms with E-state index in [0.717, 1.165) is 36.4 Å². The van der Waals surface area contributed by atoms with Gasteiger partial charge in [-0.1, -0.05) is 36.8 Å². The van der Waals surface area contributed by atoms with Crippen LogP contribution in [0.3, 0.4) is 0 Å². The monoisotopic (exact) mass is 491 g/mol. The molecule has 3 rings (SSSR count). The Kier molecular flexibility index (Phi) is 7.69. The van der Waals surface area contributed by atoms with Crippen molar-refractivity contribution in [1.82, 2.24) is 10.2 Å². The number of anilines is 1. The van der Waals surface area contributed by atoms with Crippen molar-refractivity contribution in [3.63, 3.8) is 0 Å². The Morgan fingerprint density at radius 3 is 2.36 bits per heavy atom. The Labute approximate surface area is 203 Å². The average Bonchev–Trinajstić information content (AvgIpc) is 3.10. The zero-order valence-electron chi connectivity index (χ0n) is 19.5. The Hall–Kier alpha value is -2.58. The molecule has 1 aromatic heterocycles. The second kappa shape index (κ2) is 10.1. The molecule has 2 atom stereocenters. The second-order valence-electron chi connectivity index (χ2n) is 9.34. The summed E-state index contributed by atoms with van der Waals surface area (Å²) in [4.78, 5) is 39.9. The number of piperidine rings is 1. The van der Waals surface area contributed by atoms with Gasteiger partial charge in [-0.3, -0.25) is 9.59 Å². The van der Waals surface area contributed by atoms with E-state index in [1.807, 2.05) is 11.8 Å². The molecular weight excluding hydrogens is 462 g/mol. The molecule has 0 spiro atoms. The standard InChI is InChI=1S/C24H30ClN3O4S/c1-14-10-15(2)13-28(12-14)21(29)18-7-6-17(11-16(18)3)26-22(30)24(4,5)27-23(31)32-20-9-8-19(25)33-20/h6-9,11,14-15H,10,12-13H2,1-5H3,(H,26,30)(H,27,31). The lowest BCUT2D eigenvalue weighted by molar-refractivity contribution is -0.121. The van der Waals surface area contributed by atoms with E-state index in [0.29, 0.717) is 32.5 Å². The van der Waals surface area contributed by atoms with E-state index in [2.05, 4.69) is 24.5 Å². The van der Waals surface area contributed by atoms with Crippen LogP contribution in [0.25, 0.3) is 0 Å². The van der Waals surface area contributed by atoms with E-state index >= 15 is 0 Å². The molecule has 0 radical (unpaired) electrons. The number of likely N-dealkylation sites (tertiary alicyclic amines) is 1. The number of thiophene rings is 1. The SMILES string of the molecule is Cc1cc(NC(=O)C(C)(C)NC(=O)Oc2ccc(Cl)s2)ccc1C(=O)N1CC(C)CC(C)C1. The first kappa shape index (κ1) is 25.1. The highest BCUT2D eigenvalue weighted by molar-refractivity contribution is 7.17. The van der Waals surface area contributed by atoms with E-state index in [1.54, 1.807) is 44.2 Å². The van der Waals surface area contributed by atoms with Crippen LogP contribution in [0.1, 0.15) is 50.0 Å². The molecule has 1 aliphatic rings. The van der Waals surface area contributed by atoms with Crippen LogP contribution in [0, 0.1) is 18.8 Å². The van der Waals surface area contributed by atoms with Crippen molar-refractivity contribution in [2.45, 2.75) is 46.6 Å². The number of carbonyl (C=O) groups is 3. The summed E-state index contributed by atoms with van der Waals surface area (Å²) in [6.07, 6.45) is 0.377. The molecule has 9 heteroatoms. The molecule has 0 bridgehead atoms. The summed E-state index contributed by atoms with van der Waals surface area (Å²) in [6, 6.07) is 8.42. The normalized spacial score (nSPS) is 18.5. The van der Waals surface area contributed by atoms with Crippen molar-refractivity contribution in [2.75, 3.05) is 18.4 Å². The van der Waals surface area contributed by atoms with Crippen LogP contribution in [0.5, 0.6) is 5.06 Å². The van der Waals surface area contributed by atoms with Crippen molar-refractivity contribution >= 4 is 46.5 Å². The molecule has 1 aromatic carbocycles. The molecule has 2 unspecified atom stereocenters. The molecule has 2 heterocycles. The lowest BCUT2D eigenvalue weighted by Crippen LogP contribution is -2.53. The van der Waals surface area contributed by atoms with Gasteiger partial charge in [-0.25, -0.2) is 4.79 Å². The minimum Gasteiger partial charge on any atom is -0.399 e. The van der Waals surface area contributed by atoms with E-state index < -0.39 is 17.5 Å². The van der Waals surface area contributed by atoms with Crippen LogP contribution in [0.4, 0.5) is 10.5 Å². The molecule has 2 aromatic rings. The highest BCUT2D eigenvalue weighted by Crippen LogP contribution is 2.28. The van der Waals surface area contributed by atoms with Crippen molar-refractivity contribution < 1.29 is 19.1 Å². The fourth-order valence-electron chi connectivity index (χ4n) is 4.05. The molecule has 1 saturated heterocycles. The van der Waals surface area contributed by atoms with Gasteiger partial charge in [-0.2, -0.15) is 0 Å². The third-order valence-corrected chi connectivity index (χ3v) is 6.70. The average molecular weight is 492 g/mol. The van der Waals surface area contributed by atoms with Crippen molar-refractivity contribution in [3.8, 4) is 5.06 Å². The summed E-state index contributed by atoms with van der Waals surface area (Å²) in [5.74, 6) is 0.563. The van der Waals surface area contributed by atoms with Gasteiger partial charge >= 0.3 is 6.09 Å². The maximum atomic E-state index is 13.0. The lowest BCUT2D eigenvalue weighted by atomic mass is 9.91. The van der Waals surface area contributed by atoms with Gasteiger partial charge in [0.2, 0.25) is 5.91 Å². The molecule has 1 fully saturated rings. The van der Waals surface area contributed by atoms with E-state index in [9.17, 15) is 14.4 Å². The molecule has 3 amide bonds. The topological polar surface area (TPSA) is 87.7 Å².